The third-order valence-corrected chi connectivity index (χ3v) is 4.75. The Morgan fingerprint density at radius 1 is 1.23 bits per heavy atom. The third-order valence-electron chi connectivity index (χ3n) is 4.75. The van der Waals surface area contributed by atoms with E-state index >= 15 is 0 Å². The molecule has 1 fully saturated rings. The lowest BCUT2D eigenvalue weighted by molar-refractivity contribution is -0.134. The zero-order valence-corrected chi connectivity index (χ0v) is 15.7. The molecule has 0 aliphatic carbocycles. The molecule has 6 heteroatoms. The quantitative estimate of drug-likeness (QED) is 0.798. The largest absolute Gasteiger partial charge is 0.483 e. The number of aryl methyl sites for hydroxylation is 1. The Kier molecular flexibility index (Phi) is 5.71. The van der Waals surface area contributed by atoms with E-state index in [1.54, 1.807) is 0 Å². The van der Waals surface area contributed by atoms with Gasteiger partial charge in [0, 0.05) is 20.6 Å². The number of hydrogen-bond acceptors (Lipinski definition) is 5. The Morgan fingerprint density at radius 2 is 2.04 bits per heavy atom. The average molecular weight is 354 g/mol. The van der Waals surface area contributed by atoms with Gasteiger partial charge in [0.25, 0.3) is 5.91 Å². The zero-order valence-electron chi connectivity index (χ0n) is 15.7. The number of carbonyl (C=O) groups is 1. The predicted octanol–water partition coefficient (Wildman–Crippen LogP) is 2.85. The van der Waals surface area contributed by atoms with Crippen molar-refractivity contribution in [1.29, 1.82) is 0 Å². The van der Waals surface area contributed by atoms with E-state index < -0.39 is 0 Å². The minimum atomic E-state index is -0.0174. The predicted molar refractivity (Wildman–Crippen MR) is 101 cm³/mol. The molecule has 1 unspecified atom stereocenters. The van der Waals surface area contributed by atoms with Crippen LogP contribution in [0, 0.1) is 0 Å². The van der Waals surface area contributed by atoms with E-state index in [2.05, 4.69) is 17.1 Å². The molecule has 1 aliphatic rings. The number of amides is 1. The van der Waals surface area contributed by atoms with E-state index in [0.717, 1.165) is 48.6 Å². The van der Waals surface area contributed by atoms with E-state index in [1.807, 2.05) is 60.3 Å². The first-order valence-electron chi connectivity index (χ1n) is 9.11. The molecule has 1 aliphatic heterocycles. The third kappa shape index (κ3) is 3.95. The number of hydrogen-bond donors (Lipinski definition) is 0. The van der Waals surface area contributed by atoms with Gasteiger partial charge in [0.2, 0.25) is 0 Å². The number of carbonyl (C=O) groups excluding carboxylic acids is 1. The summed E-state index contributed by atoms with van der Waals surface area (Å²) < 4.78 is 5.80. The van der Waals surface area contributed by atoms with E-state index in [-0.39, 0.29) is 18.6 Å². The number of para-hydroxylation sites is 1. The van der Waals surface area contributed by atoms with Crippen LogP contribution in [0.1, 0.15) is 37.1 Å². The fourth-order valence-corrected chi connectivity index (χ4v) is 3.28. The van der Waals surface area contributed by atoms with Gasteiger partial charge >= 0.3 is 0 Å². The Labute approximate surface area is 154 Å². The highest BCUT2D eigenvalue weighted by Gasteiger charge is 2.31. The minimum absolute atomic E-state index is 0.00288. The number of benzene rings is 1. The maximum absolute atomic E-state index is 12.7. The summed E-state index contributed by atoms with van der Waals surface area (Å²) in [5.74, 6) is 1.59. The summed E-state index contributed by atoms with van der Waals surface area (Å²) in [6.07, 6.45) is 2.76. The van der Waals surface area contributed by atoms with Crippen LogP contribution in [0.4, 0.5) is 5.82 Å². The van der Waals surface area contributed by atoms with Crippen molar-refractivity contribution in [2.45, 2.75) is 32.2 Å². The van der Waals surface area contributed by atoms with Gasteiger partial charge in [-0.05, 0) is 43.0 Å². The topological polar surface area (TPSA) is 58.6 Å². The first kappa shape index (κ1) is 18.2. The summed E-state index contributed by atoms with van der Waals surface area (Å²) in [4.78, 5) is 16.5. The molecule has 0 bridgehead atoms. The molecule has 6 nitrogen and oxygen atoms in total. The number of nitrogens with zero attached hydrogens (tertiary/aromatic N) is 4. The molecule has 2 heterocycles. The van der Waals surface area contributed by atoms with Crippen molar-refractivity contribution in [2.24, 2.45) is 0 Å². The second kappa shape index (κ2) is 8.17. The Morgan fingerprint density at radius 3 is 2.73 bits per heavy atom. The molecule has 0 spiro atoms. The lowest BCUT2D eigenvalue weighted by Crippen LogP contribution is -2.35. The molecule has 1 amide bonds. The summed E-state index contributed by atoms with van der Waals surface area (Å²) in [7, 11) is 3.86. The van der Waals surface area contributed by atoms with Crippen LogP contribution in [0.3, 0.4) is 0 Å². The number of aromatic nitrogens is 2. The molecule has 1 aromatic heterocycles. The van der Waals surface area contributed by atoms with Gasteiger partial charge in [-0.1, -0.05) is 25.1 Å². The standard InChI is InChI=1S/C20H26N4O2/c1-4-15-8-5-6-10-18(15)26-14-20(25)24-13-7-9-17(24)16-11-12-19(22-21-16)23(2)3/h5-6,8,10-12,17H,4,7,9,13-14H2,1-3H3. The minimum Gasteiger partial charge on any atom is -0.483 e. The molecular formula is C20H26N4O2. The highest BCUT2D eigenvalue weighted by Crippen LogP contribution is 2.31. The highest BCUT2D eigenvalue weighted by molar-refractivity contribution is 5.78. The van der Waals surface area contributed by atoms with Gasteiger partial charge in [-0.25, -0.2) is 0 Å². The maximum Gasteiger partial charge on any atom is 0.261 e. The zero-order chi connectivity index (χ0) is 18.5. The van der Waals surface area contributed by atoms with Crippen LogP contribution in [-0.4, -0.2) is 48.3 Å². The van der Waals surface area contributed by atoms with Crippen molar-refractivity contribution in [3.8, 4) is 5.75 Å². The summed E-state index contributed by atoms with van der Waals surface area (Å²) in [6, 6.07) is 11.7. The van der Waals surface area contributed by atoms with Crippen molar-refractivity contribution in [2.75, 3.05) is 32.1 Å². The Hall–Kier alpha value is -2.63. The summed E-state index contributed by atoms with van der Waals surface area (Å²) in [6.45, 7) is 2.87. The van der Waals surface area contributed by atoms with Gasteiger partial charge in [0.1, 0.15) is 5.75 Å². The summed E-state index contributed by atoms with van der Waals surface area (Å²) in [5.41, 5.74) is 1.96. The Bertz CT molecular complexity index is 746. The van der Waals surface area contributed by atoms with Crippen LogP contribution in [0.15, 0.2) is 36.4 Å². The molecule has 1 saturated heterocycles. The van der Waals surface area contributed by atoms with Crippen molar-refractivity contribution < 1.29 is 9.53 Å². The molecule has 1 aromatic carbocycles. The number of likely N-dealkylation sites (tertiary alicyclic amines) is 1. The summed E-state index contributed by atoms with van der Waals surface area (Å²) in [5, 5.41) is 8.57. The molecule has 3 rings (SSSR count). The smallest absolute Gasteiger partial charge is 0.261 e. The molecule has 0 radical (unpaired) electrons. The SMILES string of the molecule is CCc1ccccc1OCC(=O)N1CCCC1c1ccc(N(C)C)nn1. The monoisotopic (exact) mass is 354 g/mol. The number of anilines is 1. The molecule has 26 heavy (non-hydrogen) atoms. The molecule has 0 N–H and O–H groups in total. The van der Waals surface area contributed by atoms with Crippen molar-refractivity contribution >= 4 is 11.7 Å². The maximum atomic E-state index is 12.7. The van der Waals surface area contributed by atoms with Crippen LogP contribution in [0.5, 0.6) is 5.75 Å². The van der Waals surface area contributed by atoms with Crippen molar-refractivity contribution in [3.63, 3.8) is 0 Å². The fraction of sp³-hybridized carbons (Fsp3) is 0.450. The lowest BCUT2D eigenvalue weighted by atomic mass is 10.1. The van der Waals surface area contributed by atoms with Gasteiger partial charge in [0.05, 0.1) is 11.7 Å². The lowest BCUT2D eigenvalue weighted by Gasteiger charge is -2.24. The van der Waals surface area contributed by atoms with E-state index in [4.69, 9.17) is 4.74 Å². The highest BCUT2D eigenvalue weighted by atomic mass is 16.5. The normalized spacial score (nSPS) is 16.6. The first-order chi connectivity index (χ1) is 12.6. The van der Waals surface area contributed by atoms with Crippen LogP contribution in [-0.2, 0) is 11.2 Å². The number of rotatable bonds is 6. The van der Waals surface area contributed by atoms with Gasteiger partial charge < -0.3 is 14.5 Å². The van der Waals surface area contributed by atoms with Crippen molar-refractivity contribution in [3.05, 3.63) is 47.7 Å². The molecule has 1 atom stereocenters. The van der Waals surface area contributed by atoms with Gasteiger partial charge in [-0.3, -0.25) is 4.79 Å². The molecule has 0 saturated carbocycles. The van der Waals surface area contributed by atoms with Crippen LogP contribution in [0.2, 0.25) is 0 Å². The molecule has 138 valence electrons. The number of ether oxygens (including phenoxy) is 1. The molecular weight excluding hydrogens is 328 g/mol. The van der Waals surface area contributed by atoms with Crippen molar-refractivity contribution in [1.82, 2.24) is 15.1 Å². The Balaban J connectivity index is 1.66. The summed E-state index contributed by atoms with van der Waals surface area (Å²) >= 11 is 0. The fourth-order valence-electron chi connectivity index (χ4n) is 3.28. The van der Waals surface area contributed by atoms with Crippen LogP contribution in [0.25, 0.3) is 0 Å². The van der Waals surface area contributed by atoms with Gasteiger partial charge in [-0.15, -0.1) is 5.10 Å². The second-order valence-electron chi connectivity index (χ2n) is 6.71. The van der Waals surface area contributed by atoms with E-state index in [0.29, 0.717) is 0 Å². The molecule has 2 aromatic rings. The van der Waals surface area contributed by atoms with Crippen LogP contribution < -0.4 is 9.64 Å². The van der Waals surface area contributed by atoms with Crippen LogP contribution >= 0.6 is 0 Å². The van der Waals surface area contributed by atoms with Gasteiger partial charge in [0.15, 0.2) is 12.4 Å². The van der Waals surface area contributed by atoms with Gasteiger partial charge in [-0.2, -0.15) is 5.10 Å². The van der Waals surface area contributed by atoms with E-state index in [9.17, 15) is 4.79 Å². The first-order valence-corrected chi connectivity index (χ1v) is 9.11. The average Bonchev–Trinajstić information content (AvgIpc) is 3.16. The van der Waals surface area contributed by atoms with E-state index in [1.165, 1.54) is 0 Å². The second-order valence-corrected chi connectivity index (χ2v) is 6.71.